The van der Waals surface area contributed by atoms with Gasteiger partial charge in [-0.15, -0.1) is 5.10 Å². The van der Waals surface area contributed by atoms with Crippen molar-refractivity contribution >= 4 is 12.2 Å². The number of nitrogens with zero attached hydrogens (tertiary/aromatic N) is 2. The summed E-state index contributed by atoms with van der Waals surface area (Å²) in [5.74, 6) is 0.00218. The van der Waals surface area contributed by atoms with Crippen molar-refractivity contribution in [3.8, 4) is 0 Å². The maximum atomic E-state index is 4.99. The normalized spacial score (nSPS) is 9.89. The van der Waals surface area contributed by atoms with Crippen LogP contribution in [0.1, 0.15) is 19.8 Å². The molecule has 0 rings (SSSR count). The number of unbranched alkanes of at least 4 members (excludes halogenated alkanes) is 1. The molecule has 0 aliphatic heterocycles. The van der Waals surface area contributed by atoms with Gasteiger partial charge in [0.25, 0.3) is 0 Å². The van der Waals surface area contributed by atoms with E-state index in [1.807, 2.05) is 0 Å². The molecule has 0 saturated carbocycles. The van der Waals surface area contributed by atoms with E-state index < -0.39 is 0 Å². The third-order valence-corrected chi connectivity index (χ3v) is 0.673. The van der Waals surface area contributed by atoms with Crippen LogP contribution in [0.5, 0.6) is 0 Å². The summed E-state index contributed by atoms with van der Waals surface area (Å²) in [5.41, 5.74) is 9.98. The summed E-state index contributed by atoms with van der Waals surface area (Å²) in [6.07, 6.45) is 3.65. The Labute approximate surface area is 54.6 Å². The molecule has 0 radical (unpaired) electrons. The van der Waals surface area contributed by atoms with E-state index in [-0.39, 0.29) is 5.96 Å². The lowest BCUT2D eigenvalue weighted by Crippen LogP contribution is -2.21. The lowest BCUT2D eigenvalue weighted by molar-refractivity contribution is 0.999. The summed E-state index contributed by atoms with van der Waals surface area (Å²) in [6, 6.07) is 0. The summed E-state index contributed by atoms with van der Waals surface area (Å²) in [5, 5.41) is 6.98. The van der Waals surface area contributed by atoms with Crippen molar-refractivity contribution < 1.29 is 0 Å². The molecule has 0 amide bonds. The number of guanidine groups is 1. The molecule has 9 heavy (non-hydrogen) atoms. The van der Waals surface area contributed by atoms with Gasteiger partial charge in [0.2, 0.25) is 5.96 Å². The quantitative estimate of drug-likeness (QED) is 0.320. The van der Waals surface area contributed by atoms with Crippen LogP contribution in [0.25, 0.3) is 0 Å². The highest BCUT2D eigenvalue weighted by Crippen LogP contribution is 1.80. The van der Waals surface area contributed by atoms with Crippen LogP contribution in [0.15, 0.2) is 10.2 Å². The van der Waals surface area contributed by atoms with E-state index in [4.69, 9.17) is 11.5 Å². The maximum Gasteiger partial charge on any atom is 0.211 e. The van der Waals surface area contributed by atoms with Gasteiger partial charge >= 0.3 is 0 Å². The Bertz CT molecular complexity index is 112. The first-order valence-corrected chi connectivity index (χ1v) is 2.87. The van der Waals surface area contributed by atoms with Crippen LogP contribution in [0.2, 0.25) is 0 Å². The van der Waals surface area contributed by atoms with Crippen LogP contribution >= 0.6 is 0 Å². The third-order valence-electron chi connectivity index (χ3n) is 0.673. The van der Waals surface area contributed by atoms with Crippen LogP contribution in [-0.4, -0.2) is 12.2 Å². The smallest absolute Gasteiger partial charge is 0.211 e. The highest BCUT2D eigenvalue weighted by Gasteiger charge is 1.73. The summed E-state index contributed by atoms with van der Waals surface area (Å²) < 4.78 is 0. The zero-order valence-electron chi connectivity index (χ0n) is 5.54. The summed E-state index contributed by atoms with van der Waals surface area (Å²) >= 11 is 0. The van der Waals surface area contributed by atoms with Gasteiger partial charge in [-0.1, -0.05) is 13.3 Å². The van der Waals surface area contributed by atoms with Gasteiger partial charge in [-0.2, -0.15) is 5.10 Å². The molecule has 52 valence electrons. The lowest BCUT2D eigenvalue weighted by atomic mass is 10.4. The largest absolute Gasteiger partial charge is 0.369 e. The number of nitrogens with two attached hydrogens (primary N) is 2. The molecule has 0 fully saturated rings. The van der Waals surface area contributed by atoms with Gasteiger partial charge in [0.1, 0.15) is 0 Å². The fourth-order valence-electron chi connectivity index (χ4n) is 0.294. The molecular weight excluding hydrogens is 116 g/mol. The van der Waals surface area contributed by atoms with Crippen molar-refractivity contribution in [3.05, 3.63) is 0 Å². The maximum absolute atomic E-state index is 4.99. The van der Waals surface area contributed by atoms with Crippen LogP contribution in [0, 0.1) is 0 Å². The summed E-state index contributed by atoms with van der Waals surface area (Å²) in [4.78, 5) is 0. The topological polar surface area (TPSA) is 76.8 Å². The van der Waals surface area contributed by atoms with E-state index in [1.54, 1.807) is 6.21 Å². The third kappa shape index (κ3) is 6.94. The Morgan fingerprint density at radius 2 is 2.22 bits per heavy atom. The van der Waals surface area contributed by atoms with Crippen LogP contribution in [-0.2, 0) is 0 Å². The first-order chi connectivity index (χ1) is 4.27. The van der Waals surface area contributed by atoms with Gasteiger partial charge in [-0.25, -0.2) is 0 Å². The Balaban J connectivity index is 3.35. The minimum atomic E-state index is 0.00218. The van der Waals surface area contributed by atoms with Crippen molar-refractivity contribution in [1.82, 2.24) is 0 Å². The molecule has 0 aromatic heterocycles. The van der Waals surface area contributed by atoms with Crippen molar-refractivity contribution in [3.63, 3.8) is 0 Å². The van der Waals surface area contributed by atoms with Gasteiger partial charge in [-0.3, -0.25) is 0 Å². The Morgan fingerprint density at radius 3 is 2.67 bits per heavy atom. The van der Waals surface area contributed by atoms with Crippen LogP contribution in [0.3, 0.4) is 0 Å². The molecule has 0 unspecified atom stereocenters. The van der Waals surface area contributed by atoms with Crippen LogP contribution < -0.4 is 11.5 Å². The fourth-order valence-corrected chi connectivity index (χ4v) is 0.294. The molecule has 0 aliphatic carbocycles. The van der Waals surface area contributed by atoms with Crippen LogP contribution in [0.4, 0.5) is 0 Å². The van der Waals surface area contributed by atoms with Crippen molar-refractivity contribution in [2.24, 2.45) is 21.7 Å². The van der Waals surface area contributed by atoms with Crippen molar-refractivity contribution in [2.75, 3.05) is 0 Å². The highest BCUT2D eigenvalue weighted by atomic mass is 15.3. The van der Waals surface area contributed by atoms with E-state index in [9.17, 15) is 0 Å². The molecule has 0 aliphatic rings. The van der Waals surface area contributed by atoms with E-state index in [1.165, 1.54) is 0 Å². The van der Waals surface area contributed by atoms with Gasteiger partial charge in [0.05, 0.1) is 0 Å². The molecule has 4 heteroatoms. The van der Waals surface area contributed by atoms with Gasteiger partial charge < -0.3 is 11.5 Å². The summed E-state index contributed by atoms with van der Waals surface area (Å²) in [7, 11) is 0. The van der Waals surface area contributed by atoms with Gasteiger partial charge in [0.15, 0.2) is 0 Å². The fraction of sp³-hybridized carbons (Fsp3) is 0.600. The second-order valence-corrected chi connectivity index (χ2v) is 1.61. The number of rotatable bonds is 3. The SMILES string of the molecule is CCCC=NN=C(N)N. The zero-order valence-corrected chi connectivity index (χ0v) is 5.54. The molecule has 0 spiro atoms. The van der Waals surface area contributed by atoms with Gasteiger partial charge in [-0.05, 0) is 6.42 Å². The summed E-state index contributed by atoms with van der Waals surface area (Å²) in [6.45, 7) is 2.06. The monoisotopic (exact) mass is 128 g/mol. The molecule has 0 saturated heterocycles. The van der Waals surface area contributed by atoms with Crippen molar-refractivity contribution in [1.29, 1.82) is 0 Å². The van der Waals surface area contributed by atoms with Crippen molar-refractivity contribution in [2.45, 2.75) is 19.8 Å². The number of hydrogen-bond acceptors (Lipinski definition) is 2. The second kappa shape index (κ2) is 5.08. The predicted octanol–water partition coefficient (Wildman–Crippen LogP) is 0.0457. The molecule has 0 bridgehead atoms. The minimum absolute atomic E-state index is 0.00218. The van der Waals surface area contributed by atoms with E-state index in [0.717, 1.165) is 12.8 Å². The predicted molar refractivity (Wildman–Crippen MR) is 39.2 cm³/mol. The lowest BCUT2D eigenvalue weighted by Gasteiger charge is -1.82. The molecule has 0 atom stereocenters. The second-order valence-electron chi connectivity index (χ2n) is 1.61. The van der Waals surface area contributed by atoms with E-state index >= 15 is 0 Å². The Kier molecular flexibility index (Phi) is 4.49. The molecular formula is C5H12N4. The molecule has 0 aromatic carbocycles. The standard InChI is InChI=1S/C5H12N4/c1-2-3-4-8-9-5(6)7/h4H,2-3H2,1H3,(H4,6,7,9). The average Bonchev–Trinajstić information content (AvgIpc) is 1.80. The molecule has 4 N–H and O–H groups in total. The molecule has 0 heterocycles. The zero-order chi connectivity index (χ0) is 7.11. The Hall–Kier alpha value is -1.06. The first-order valence-electron chi connectivity index (χ1n) is 2.87. The van der Waals surface area contributed by atoms with Gasteiger partial charge in [0, 0.05) is 6.21 Å². The van der Waals surface area contributed by atoms with E-state index in [0.29, 0.717) is 0 Å². The average molecular weight is 128 g/mol. The first kappa shape index (κ1) is 7.94. The number of hydrogen-bond donors (Lipinski definition) is 2. The van der Waals surface area contributed by atoms with E-state index in [2.05, 4.69) is 17.1 Å². The highest BCUT2D eigenvalue weighted by molar-refractivity contribution is 5.76. The Morgan fingerprint density at radius 1 is 1.56 bits per heavy atom. The molecule has 0 aromatic rings. The minimum Gasteiger partial charge on any atom is -0.369 e. The molecule has 4 nitrogen and oxygen atoms in total.